The molecule has 5 nitrogen and oxygen atoms in total. The van der Waals surface area contributed by atoms with Crippen LogP contribution in [0.2, 0.25) is 10.0 Å². The molecule has 0 radical (unpaired) electrons. The summed E-state index contributed by atoms with van der Waals surface area (Å²) in [7, 11) is 0. The van der Waals surface area contributed by atoms with Crippen molar-refractivity contribution in [2.24, 2.45) is 0 Å². The number of nitrogens with zero attached hydrogens (tertiary/aromatic N) is 2. The van der Waals surface area contributed by atoms with Gasteiger partial charge in [0.1, 0.15) is 11.6 Å². The first-order valence-corrected chi connectivity index (χ1v) is 12.2. The fourth-order valence-corrected chi connectivity index (χ4v) is 4.07. The summed E-state index contributed by atoms with van der Waals surface area (Å²) in [5, 5.41) is 4.38. The minimum absolute atomic E-state index is 0.00988. The van der Waals surface area contributed by atoms with Crippen molar-refractivity contribution >= 4 is 40.1 Å². The summed E-state index contributed by atoms with van der Waals surface area (Å²) in [6.07, 6.45) is 2.89. The van der Waals surface area contributed by atoms with Gasteiger partial charge in [-0.25, -0.2) is 4.98 Å². The van der Waals surface area contributed by atoms with Crippen LogP contribution < -0.4 is 10.1 Å². The van der Waals surface area contributed by atoms with Gasteiger partial charge in [-0.2, -0.15) is 0 Å². The van der Waals surface area contributed by atoms with Gasteiger partial charge in [-0.15, -0.1) is 0 Å². The van der Waals surface area contributed by atoms with Crippen molar-refractivity contribution < 1.29 is 9.53 Å². The molecule has 4 rings (SSSR count). The van der Waals surface area contributed by atoms with Gasteiger partial charge in [0, 0.05) is 29.6 Å². The number of aryl methyl sites for hydroxylation is 1. The number of rotatable bonds is 11. The molecule has 0 fully saturated rings. The summed E-state index contributed by atoms with van der Waals surface area (Å²) in [6.45, 7) is 2.03. The van der Waals surface area contributed by atoms with Crippen LogP contribution in [0.25, 0.3) is 11.0 Å². The van der Waals surface area contributed by atoms with E-state index in [1.807, 2.05) is 54.6 Å². The van der Waals surface area contributed by atoms with Gasteiger partial charge in [-0.05, 0) is 66.9 Å². The van der Waals surface area contributed by atoms with Gasteiger partial charge in [0.25, 0.3) is 0 Å². The molecule has 0 bridgehead atoms. The van der Waals surface area contributed by atoms with E-state index in [-0.39, 0.29) is 5.91 Å². The lowest BCUT2D eigenvalue weighted by atomic mass is 10.1. The van der Waals surface area contributed by atoms with Crippen LogP contribution in [0.3, 0.4) is 0 Å². The van der Waals surface area contributed by atoms with Crippen molar-refractivity contribution in [1.82, 2.24) is 14.9 Å². The third kappa shape index (κ3) is 6.75. The number of hydrogen-bond donors (Lipinski definition) is 1. The molecule has 0 saturated heterocycles. The zero-order valence-corrected chi connectivity index (χ0v) is 20.4. The van der Waals surface area contributed by atoms with E-state index < -0.39 is 0 Å². The molecule has 176 valence electrons. The normalized spacial score (nSPS) is 11.0. The lowest BCUT2D eigenvalue weighted by molar-refractivity contribution is -0.120. The first-order chi connectivity index (χ1) is 16.6. The summed E-state index contributed by atoms with van der Waals surface area (Å²) in [4.78, 5) is 17.1. The van der Waals surface area contributed by atoms with Gasteiger partial charge in [0.15, 0.2) is 0 Å². The second-order valence-corrected chi connectivity index (χ2v) is 8.95. The van der Waals surface area contributed by atoms with E-state index in [4.69, 9.17) is 32.9 Å². The Hall–Kier alpha value is -3.02. The van der Waals surface area contributed by atoms with Crippen molar-refractivity contribution in [3.05, 3.63) is 94.2 Å². The van der Waals surface area contributed by atoms with E-state index in [1.54, 1.807) is 12.1 Å². The lowest BCUT2D eigenvalue weighted by Crippen LogP contribution is -2.28. The molecule has 3 aromatic carbocycles. The Morgan fingerprint density at radius 1 is 0.912 bits per heavy atom. The molecule has 0 spiro atoms. The largest absolute Gasteiger partial charge is 0.494 e. The second kappa shape index (κ2) is 11.9. The highest BCUT2D eigenvalue weighted by Crippen LogP contribution is 2.19. The minimum atomic E-state index is -0.00988. The molecule has 1 aromatic heterocycles. The Balaban J connectivity index is 1.29. The van der Waals surface area contributed by atoms with Crippen LogP contribution in [-0.2, 0) is 24.2 Å². The SMILES string of the molecule is O=C(Cc1ccc(Cl)cc1)NCCc1nc2ccccc2n1CCCCOc1ccc(Cl)cc1. The van der Waals surface area contributed by atoms with E-state index in [0.29, 0.717) is 36.0 Å². The number of carbonyl (C=O) groups excluding carboxylic acids is 1. The predicted molar refractivity (Wildman–Crippen MR) is 138 cm³/mol. The Kier molecular flexibility index (Phi) is 8.45. The maximum atomic E-state index is 12.3. The highest BCUT2D eigenvalue weighted by atomic mass is 35.5. The molecule has 7 heteroatoms. The number of imidazole rings is 1. The van der Waals surface area contributed by atoms with E-state index in [1.165, 1.54) is 0 Å². The third-order valence-corrected chi connectivity index (χ3v) is 6.04. The molecule has 0 unspecified atom stereocenters. The number of carbonyl (C=O) groups is 1. The number of unbranched alkanes of at least 4 members (excludes halogenated alkanes) is 1. The van der Waals surface area contributed by atoms with Crippen LogP contribution in [0.4, 0.5) is 0 Å². The number of hydrogen-bond acceptors (Lipinski definition) is 3. The number of amides is 1. The molecule has 0 saturated carbocycles. The fourth-order valence-electron chi connectivity index (χ4n) is 3.82. The number of fused-ring (bicyclic) bond motifs is 1. The quantitative estimate of drug-likeness (QED) is 0.255. The van der Waals surface area contributed by atoms with Crippen LogP contribution in [0, 0.1) is 0 Å². The van der Waals surface area contributed by atoms with Gasteiger partial charge in [-0.3, -0.25) is 4.79 Å². The number of nitrogens with one attached hydrogen (secondary N) is 1. The first kappa shape index (κ1) is 24.1. The van der Waals surface area contributed by atoms with Crippen molar-refractivity contribution in [3.63, 3.8) is 0 Å². The Morgan fingerprint density at radius 3 is 2.38 bits per heavy atom. The molecular formula is C27H27Cl2N3O2. The first-order valence-electron chi connectivity index (χ1n) is 11.4. The highest BCUT2D eigenvalue weighted by Gasteiger charge is 2.11. The molecule has 1 heterocycles. The van der Waals surface area contributed by atoms with E-state index >= 15 is 0 Å². The molecular weight excluding hydrogens is 469 g/mol. The molecule has 1 amide bonds. The Labute approximate surface area is 209 Å². The standard InChI is InChI=1S/C27H27Cl2N3O2/c28-21-9-7-20(8-10-21)19-27(33)30-16-15-26-31-24-5-1-2-6-25(24)32(26)17-3-4-18-34-23-13-11-22(29)12-14-23/h1-2,5-14H,3-4,15-19H2,(H,30,33). The summed E-state index contributed by atoms with van der Waals surface area (Å²) in [5.74, 6) is 1.79. The number of benzene rings is 3. The summed E-state index contributed by atoms with van der Waals surface area (Å²) in [5.41, 5.74) is 3.03. The molecule has 1 N–H and O–H groups in total. The number of aromatic nitrogens is 2. The van der Waals surface area contributed by atoms with Crippen LogP contribution in [-0.4, -0.2) is 28.6 Å². The number of para-hydroxylation sites is 2. The average molecular weight is 496 g/mol. The second-order valence-electron chi connectivity index (χ2n) is 8.08. The number of ether oxygens (including phenoxy) is 1. The maximum Gasteiger partial charge on any atom is 0.224 e. The summed E-state index contributed by atoms with van der Waals surface area (Å²) < 4.78 is 8.06. The van der Waals surface area contributed by atoms with Crippen molar-refractivity contribution in [3.8, 4) is 5.75 Å². The van der Waals surface area contributed by atoms with Crippen LogP contribution >= 0.6 is 23.2 Å². The molecule has 0 aliphatic heterocycles. The molecule has 4 aromatic rings. The zero-order valence-electron chi connectivity index (χ0n) is 18.8. The highest BCUT2D eigenvalue weighted by molar-refractivity contribution is 6.30. The minimum Gasteiger partial charge on any atom is -0.494 e. The Morgan fingerprint density at radius 2 is 1.62 bits per heavy atom. The fraction of sp³-hybridized carbons (Fsp3) is 0.259. The van der Waals surface area contributed by atoms with Crippen LogP contribution in [0.15, 0.2) is 72.8 Å². The van der Waals surface area contributed by atoms with E-state index in [0.717, 1.165) is 47.6 Å². The van der Waals surface area contributed by atoms with Gasteiger partial charge >= 0.3 is 0 Å². The maximum absolute atomic E-state index is 12.3. The number of halogens is 2. The van der Waals surface area contributed by atoms with Crippen molar-refractivity contribution in [2.45, 2.75) is 32.2 Å². The van der Waals surface area contributed by atoms with Crippen molar-refractivity contribution in [1.29, 1.82) is 0 Å². The lowest BCUT2D eigenvalue weighted by Gasteiger charge is -2.11. The molecule has 0 aliphatic rings. The van der Waals surface area contributed by atoms with E-state index in [9.17, 15) is 4.79 Å². The monoisotopic (exact) mass is 495 g/mol. The average Bonchev–Trinajstić information content (AvgIpc) is 3.19. The van der Waals surface area contributed by atoms with E-state index in [2.05, 4.69) is 16.0 Å². The topological polar surface area (TPSA) is 56.2 Å². The molecule has 0 aliphatic carbocycles. The smallest absolute Gasteiger partial charge is 0.224 e. The van der Waals surface area contributed by atoms with Crippen LogP contribution in [0.5, 0.6) is 5.75 Å². The van der Waals surface area contributed by atoms with Gasteiger partial charge < -0.3 is 14.6 Å². The van der Waals surface area contributed by atoms with Crippen molar-refractivity contribution in [2.75, 3.05) is 13.2 Å². The van der Waals surface area contributed by atoms with Gasteiger partial charge in [-0.1, -0.05) is 47.5 Å². The summed E-state index contributed by atoms with van der Waals surface area (Å²) >= 11 is 11.8. The molecule has 34 heavy (non-hydrogen) atoms. The predicted octanol–water partition coefficient (Wildman–Crippen LogP) is 6.10. The van der Waals surface area contributed by atoms with Crippen LogP contribution in [0.1, 0.15) is 24.2 Å². The zero-order chi connectivity index (χ0) is 23.8. The Bertz CT molecular complexity index is 1220. The molecule has 0 atom stereocenters. The van der Waals surface area contributed by atoms with Gasteiger partial charge in [0.2, 0.25) is 5.91 Å². The van der Waals surface area contributed by atoms with Gasteiger partial charge in [0.05, 0.1) is 24.1 Å². The summed E-state index contributed by atoms with van der Waals surface area (Å²) in [6, 6.07) is 22.9. The third-order valence-electron chi connectivity index (χ3n) is 5.54.